The Morgan fingerprint density at radius 3 is 2.08 bits per heavy atom. The second-order valence-corrected chi connectivity index (χ2v) is 13.3. The van der Waals surface area contributed by atoms with E-state index in [9.17, 15) is 9.36 Å². The number of anilines is 1. The van der Waals surface area contributed by atoms with Gasteiger partial charge in [-0.3, -0.25) is 9.36 Å². The maximum absolute atomic E-state index is 14.2. The molecule has 11 heteroatoms. The number of halogens is 2. The average molecular weight is 619 g/mol. The number of nitrogens with zero attached hydrogens (tertiary/aromatic N) is 2. The molecule has 4 rings (SSSR count). The zero-order valence-corrected chi connectivity index (χ0v) is 25.7. The molecule has 4 aromatic rings. The average Bonchev–Trinajstić information content (AvgIpc) is 2.91. The minimum absolute atomic E-state index is 0.0856. The van der Waals surface area contributed by atoms with Crippen LogP contribution in [-0.2, 0) is 13.6 Å². The van der Waals surface area contributed by atoms with Gasteiger partial charge in [0.2, 0.25) is 0 Å². The molecule has 0 saturated heterocycles. The van der Waals surface area contributed by atoms with Gasteiger partial charge in [-0.25, -0.2) is 0 Å². The van der Waals surface area contributed by atoms with E-state index in [4.69, 9.17) is 32.2 Å². The van der Waals surface area contributed by atoms with E-state index in [0.29, 0.717) is 26.9 Å². The van der Waals surface area contributed by atoms with Crippen LogP contribution in [0.5, 0.6) is 0 Å². The predicted molar refractivity (Wildman–Crippen MR) is 163 cm³/mol. The Hall–Kier alpha value is -2.58. The number of rotatable bonds is 11. The van der Waals surface area contributed by atoms with Gasteiger partial charge in [0.1, 0.15) is 5.02 Å². The monoisotopic (exact) mass is 617 g/mol. The molecule has 40 heavy (non-hydrogen) atoms. The van der Waals surface area contributed by atoms with Crippen molar-refractivity contribution in [3.63, 3.8) is 0 Å². The molecule has 1 unspecified atom stereocenters. The van der Waals surface area contributed by atoms with Crippen molar-refractivity contribution in [1.29, 1.82) is 0 Å². The molecule has 1 heterocycles. The molecule has 0 fully saturated rings. The molecule has 1 N–H and O–H groups in total. The Balaban J connectivity index is 1.60. The van der Waals surface area contributed by atoms with Crippen LogP contribution in [0.15, 0.2) is 99.6 Å². The summed E-state index contributed by atoms with van der Waals surface area (Å²) in [6, 6.07) is 23.7. The van der Waals surface area contributed by atoms with Gasteiger partial charge in [-0.2, -0.15) is 9.78 Å². The summed E-state index contributed by atoms with van der Waals surface area (Å²) in [4.78, 5) is 14.2. The van der Waals surface area contributed by atoms with Gasteiger partial charge in [0.05, 0.1) is 29.0 Å². The van der Waals surface area contributed by atoms with Crippen LogP contribution in [0.4, 0.5) is 5.69 Å². The quantitative estimate of drug-likeness (QED) is 0.168. The fourth-order valence-electron chi connectivity index (χ4n) is 3.90. The maximum atomic E-state index is 14.2. The molecule has 0 amide bonds. The smallest absolute Gasteiger partial charge is 0.357 e. The first kappa shape index (κ1) is 30.4. The summed E-state index contributed by atoms with van der Waals surface area (Å²) in [5.74, 6) is -0.853. The summed E-state index contributed by atoms with van der Waals surface area (Å²) in [5.41, 5.74) is 1.52. The van der Waals surface area contributed by atoms with Gasteiger partial charge in [0.25, 0.3) is 5.56 Å². The summed E-state index contributed by atoms with van der Waals surface area (Å²) < 4.78 is 27.3. The SMILES string of the molecule is CC(C)OP(=O)(OC(C)C)C(Nc1ccc(Sc2cnn(-c3ccccc3)c(=O)c2Cl)cc1)c1ccccc1Cl. The second-order valence-electron chi connectivity index (χ2n) is 9.42. The Bertz CT molecular complexity index is 1540. The van der Waals surface area contributed by atoms with E-state index in [1.165, 1.54) is 16.4 Å². The molecule has 7 nitrogen and oxygen atoms in total. The molecule has 0 aliphatic heterocycles. The zero-order valence-electron chi connectivity index (χ0n) is 22.5. The van der Waals surface area contributed by atoms with E-state index in [1.54, 1.807) is 30.5 Å². The first-order valence-corrected chi connectivity index (χ1v) is 15.8. The van der Waals surface area contributed by atoms with E-state index in [2.05, 4.69) is 10.4 Å². The minimum atomic E-state index is -3.73. The van der Waals surface area contributed by atoms with Gasteiger partial charge < -0.3 is 14.4 Å². The molecule has 0 bridgehead atoms. The topological polar surface area (TPSA) is 82.4 Å². The molecule has 1 atom stereocenters. The largest absolute Gasteiger partial charge is 0.368 e. The van der Waals surface area contributed by atoms with Crippen molar-refractivity contribution in [2.75, 3.05) is 5.32 Å². The molecule has 210 valence electrons. The van der Waals surface area contributed by atoms with Crippen LogP contribution < -0.4 is 10.9 Å². The van der Waals surface area contributed by atoms with Crippen molar-refractivity contribution in [2.24, 2.45) is 0 Å². The lowest BCUT2D eigenvalue weighted by molar-refractivity contribution is 0.138. The van der Waals surface area contributed by atoms with Crippen molar-refractivity contribution in [3.8, 4) is 5.69 Å². The lowest BCUT2D eigenvalue weighted by atomic mass is 10.2. The lowest BCUT2D eigenvalue weighted by Gasteiger charge is -2.31. The van der Waals surface area contributed by atoms with Crippen LogP contribution in [0.2, 0.25) is 10.0 Å². The van der Waals surface area contributed by atoms with Crippen molar-refractivity contribution in [1.82, 2.24) is 9.78 Å². The Labute approximate surface area is 248 Å². The first-order valence-electron chi connectivity index (χ1n) is 12.7. The number of para-hydroxylation sites is 1. The highest BCUT2D eigenvalue weighted by molar-refractivity contribution is 7.99. The third kappa shape index (κ3) is 7.38. The van der Waals surface area contributed by atoms with E-state index in [1.807, 2.05) is 82.3 Å². The van der Waals surface area contributed by atoms with Crippen LogP contribution >= 0.6 is 42.6 Å². The number of aromatic nitrogens is 2. The summed E-state index contributed by atoms with van der Waals surface area (Å²) in [7, 11) is -3.73. The first-order chi connectivity index (χ1) is 19.1. The van der Waals surface area contributed by atoms with Crippen LogP contribution in [-0.4, -0.2) is 22.0 Å². The number of nitrogens with one attached hydrogen (secondary N) is 1. The van der Waals surface area contributed by atoms with Crippen LogP contribution in [0.1, 0.15) is 39.0 Å². The molecule has 3 aromatic carbocycles. The highest BCUT2D eigenvalue weighted by Crippen LogP contribution is 2.63. The van der Waals surface area contributed by atoms with Gasteiger partial charge in [-0.05, 0) is 70.2 Å². The van der Waals surface area contributed by atoms with Gasteiger partial charge in [0, 0.05) is 21.2 Å². The van der Waals surface area contributed by atoms with Crippen molar-refractivity contribution in [2.45, 2.75) is 55.5 Å². The van der Waals surface area contributed by atoms with Crippen LogP contribution in [0.3, 0.4) is 0 Å². The molecule has 0 radical (unpaired) electrons. The zero-order chi connectivity index (χ0) is 28.9. The summed E-state index contributed by atoms with van der Waals surface area (Å²) in [6.07, 6.45) is 0.890. The van der Waals surface area contributed by atoms with Crippen LogP contribution in [0.25, 0.3) is 5.69 Å². The van der Waals surface area contributed by atoms with Crippen molar-refractivity contribution in [3.05, 3.63) is 111 Å². The van der Waals surface area contributed by atoms with Gasteiger partial charge in [-0.15, -0.1) is 0 Å². The van der Waals surface area contributed by atoms with Gasteiger partial charge in [-0.1, -0.05) is 71.4 Å². The second kappa shape index (κ2) is 13.4. The molecule has 1 aromatic heterocycles. The Morgan fingerprint density at radius 1 is 0.875 bits per heavy atom. The van der Waals surface area contributed by atoms with E-state index < -0.39 is 18.9 Å². The van der Waals surface area contributed by atoms with Crippen LogP contribution in [0, 0.1) is 0 Å². The number of hydrogen-bond acceptors (Lipinski definition) is 7. The van der Waals surface area contributed by atoms with Gasteiger partial charge in [0.15, 0.2) is 5.78 Å². The van der Waals surface area contributed by atoms with E-state index in [0.717, 1.165) is 4.90 Å². The summed E-state index contributed by atoms with van der Waals surface area (Å²) >= 11 is 14.3. The van der Waals surface area contributed by atoms with E-state index in [-0.39, 0.29) is 17.2 Å². The minimum Gasteiger partial charge on any atom is -0.368 e. The molecule has 0 saturated carbocycles. The molecule has 0 aliphatic carbocycles. The van der Waals surface area contributed by atoms with Crippen molar-refractivity contribution >= 4 is 48.2 Å². The molecular formula is C29H30Cl2N3O4PS. The lowest BCUT2D eigenvalue weighted by Crippen LogP contribution is -2.21. The predicted octanol–water partition coefficient (Wildman–Crippen LogP) is 8.84. The van der Waals surface area contributed by atoms with E-state index >= 15 is 0 Å². The normalized spacial score (nSPS) is 12.6. The standard InChI is InChI=1S/C29H30Cl2N3O4PS/c1-19(2)37-39(36,38-20(3)4)28(24-12-8-9-13-25(24)30)33-21-14-16-23(17-15-21)40-26-18-32-34(29(35)27(26)31)22-10-6-5-7-11-22/h5-20,28,33H,1-4H3. The fourth-order valence-corrected chi connectivity index (χ4v) is 7.61. The number of hydrogen-bond donors (Lipinski definition) is 1. The molecular weight excluding hydrogens is 588 g/mol. The Kier molecular flexibility index (Phi) is 10.2. The van der Waals surface area contributed by atoms with Crippen molar-refractivity contribution < 1.29 is 13.6 Å². The molecule has 0 spiro atoms. The summed E-state index contributed by atoms with van der Waals surface area (Å²) in [6.45, 7) is 7.24. The molecule has 0 aliphatic rings. The highest BCUT2D eigenvalue weighted by atomic mass is 35.5. The van der Waals surface area contributed by atoms with Gasteiger partial charge >= 0.3 is 7.60 Å². The Morgan fingerprint density at radius 2 is 1.48 bits per heavy atom. The summed E-state index contributed by atoms with van der Waals surface area (Å²) in [5, 5.41) is 8.15. The number of benzene rings is 3. The maximum Gasteiger partial charge on any atom is 0.357 e. The fraction of sp³-hybridized carbons (Fsp3) is 0.241. The third-order valence-electron chi connectivity index (χ3n) is 5.50. The third-order valence-corrected chi connectivity index (χ3v) is 9.83. The highest BCUT2D eigenvalue weighted by Gasteiger charge is 2.40.